The van der Waals surface area contributed by atoms with Gasteiger partial charge in [0.1, 0.15) is 11.5 Å². The average molecular weight is 368 g/mol. The van der Waals surface area contributed by atoms with Gasteiger partial charge in [-0.1, -0.05) is 6.07 Å². The maximum atomic E-state index is 12.6. The van der Waals surface area contributed by atoms with E-state index in [4.69, 9.17) is 9.47 Å². The van der Waals surface area contributed by atoms with Crippen LogP contribution in [0, 0.1) is 5.92 Å². The molecule has 2 amide bonds. The molecule has 1 atom stereocenters. The first-order valence-corrected chi connectivity index (χ1v) is 9.17. The Morgan fingerprint density at radius 2 is 1.78 bits per heavy atom. The van der Waals surface area contributed by atoms with Crippen LogP contribution < -0.4 is 19.7 Å². The molecule has 1 heterocycles. The van der Waals surface area contributed by atoms with Gasteiger partial charge in [-0.3, -0.25) is 9.59 Å². The average Bonchev–Trinajstić information content (AvgIpc) is 3.05. The number of carbonyl (C=O) groups excluding carboxylic acids is 2. The van der Waals surface area contributed by atoms with E-state index in [9.17, 15) is 9.59 Å². The fourth-order valence-corrected chi connectivity index (χ4v) is 3.10. The lowest BCUT2D eigenvalue weighted by atomic mass is 10.1. The molecule has 6 heteroatoms. The van der Waals surface area contributed by atoms with Crippen LogP contribution in [0.15, 0.2) is 48.5 Å². The van der Waals surface area contributed by atoms with Crippen LogP contribution in [0.2, 0.25) is 0 Å². The number of rotatable bonds is 7. The lowest BCUT2D eigenvalue weighted by Gasteiger charge is -2.17. The van der Waals surface area contributed by atoms with Gasteiger partial charge in [-0.25, -0.2) is 0 Å². The highest BCUT2D eigenvalue weighted by Crippen LogP contribution is 2.28. The maximum Gasteiger partial charge on any atom is 0.229 e. The fourth-order valence-electron chi connectivity index (χ4n) is 3.10. The number of amides is 2. The number of ether oxygens (including phenoxy) is 2. The predicted octanol–water partition coefficient (Wildman–Crippen LogP) is 3.48. The minimum Gasteiger partial charge on any atom is -0.494 e. The van der Waals surface area contributed by atoms with Crippen molar-refractivity contribution >= 4 is 23.2 Å². The first-order chi connectivity index (χ1) is 13.1. The second kappa shape index (κ2) is 8.58. The third kappa shape index (κ3) is 4.58. The van der Waals surface area contributed by atoms with Gasteiger partial charge >= 0.3 is 0 Å². The number of nitrogens with one attached hydrogen (secondary N) is 1. The number of hydrogen-bond donors (Lipinski definition) is 1. The monoisotopic (exact) mass is 368 g/mol. The Morgan fingerprint density at radius 1 is 1.07 bits per heavy atom. The number of carbonyl (C=O) groups is 2. The van der Waals surface area contributed by atoms with Crippen molar-refractivity contribution in [2.24, 2.45) is 5.92 Å². The third-order valence-corrected chi connectivity index (χ3v) is 4.37. The lowest BCUT2D eigenvalue weighted by Crippen LogP contribution is -2.28. The van der Waals surface area contributed by atoms with Crippen molar-refractivity contribution in [1.29, 1.82) is 0 Å². The zero-order valence-electron chi connectivity index (χ0n) is 15.6. The van der Waals surface area contributed by atoms with Gasteiger partial charge in [0, 0.05) is 30.4 Å². The molecule has 142 valence electrons. The molecular formula is C21H24N2O4. The van der Waals surface area contributed by atoms with Gasteiger partial charge in [0.15, 0.2) is 0 Å². The van der Waals surface area contributed by atoms with Crippen molar-refractivity contribution in [3.05, 3.63) is 48.5 Å². The van der Waals surface area contributed by atoms with Crippen LogP contribution in [0.1, 0.15) is 20.3 Å². The summed E-state index contributed by atoms with van der Waals surface area (Å²) in [5.74, 6) is 0.859. The van der Waals surface area contributed by atoms with Crippen LogP contribution >= 0.6 is 0 Å². The highest BCUT2D eigenvalue weighted by molar-refractivity contribution is 6.03. The van der Waals surface area contributed by atoms with E-state index in [1.54, 1.807) is 17.0 Å². The first-order valence-electron chi connectivity index (χ1n) is 9.17. The standard InChI is InChI=1S/C21H24N2O4/c1-3-26-18-10-8-17(9-11-18)23-14-15(12-20(23)24)21(25)22-16-6-5-7-19(13-16)27-4-2/h5-11,13,15H,3-4,12,14H2,1-2H3,(H,22,25). The second-order valence-electron chi connectivity index (χ2n) is 6.28. The summed E-state index contributed by atoms with van der Waals surface area (Å²) in [7, 11) is 0. The van der Waals surface area contributed by atoms with E-state index in [0.29, 0.717) is 31.2 Å². The Morgan fingerprint density at radius 3 is 2.48 bits per heavy atom. The molecule has 1 N–H and O–H groups in total. The summed E-state index contributed by atoms with van der Waals surface area (Å²) in [5.41, 5.74) is 1.44. The molecule has 1 saturated heterocycles. The summed E-state index contributed by atoms with van der Waals surface area (Å²) in [4.78, 5) is 26.6. The maximum absolute atomic E-state index is 12.6. The van der Waals surface area contributed by atoms with Gasteiger partial charge in [0.05, 0.1) is 19.1 Å². The molecule has 0 aliphatic carbocycles. The second-order valence-corrected chi connectivity index (χ2v) is 6.28. The minimum atomic E-state index is -0.389. The molecule has 0 radical (unpaired) electrons. The van der Waals surface area contributed by atoms with Crippen LogP contribution in [-0.2, 0) is 9.59 Å². The quantitative estimate of drug-likeness (QED) is 0.812. The van der Waals surface area contributed by atoms with E-state index in [2.05, 4.69) is 5.32 Å². The van der Waals surface area contributed by atoms with Crippen LogP contribution in [0.25, 0.3) is 0 Å². The molecule has 0 bridgehead atoms. The van der Waals surface area contributed by atoms with Crippen molar-refractivity contribution < 1.29 is 19.1 Å². The van der Waals surface area contributed by atoms with E-state index >= 15 is 0 Å². The summed E-state index contributed by atoms with van der Waals surface area (Å²) in [5, 5.41) is 2.88. The van der Waals surface area contributed by atoms with Crippen molar-refractivity contribution in [3.8, 4) is 11.5 Å². The number of anilines is 2. The largest absolute Gasteiger partial charge is 0.494 e. The molecule has 0 aromatic heterocycles. The zero-order chi connectivity index (χ0) is 19.2. The molecule has 1 unspecified atom stereocenters. The van der Waals surface area contributed by atoms with Crippen LogP contribution in [0.5, 0.6) is 11.5 Å². The first kappa shape index (κ1) is 18.8. The molecule has 1 aliphatic rings. The Labute approximate surface area is 159 Å². The van der Waals surface area contributed by atoms with Gasteiger partial charge in [0.2, 0.25) is 11.8 Å². The number of nitrogens with zero attached hydrogens (tertiary/aromatic N) is 1. The summed E-state index contributed by atoms with van der Waals surface area (Å²) in [6.07, 6.45) is 0.199. The van der Waals surface area contributed by atoms with Gasteiger partial charge in [-0.05, 0) is 50.2 Å². The molecule has 3 rings (SSSR count). The molecule has 2 aromatic carbocycles. The van der Waals surface area contributed by atoms with Crippen LogP contribution in [-0.4, -0.2) is 31.6 Å². The summed E-state index contributed by atoms with van der Waals surface area (Å²) in [6.45, 7) is 5.35. The van der Waals surface area contributed by atoms with E-state index in [1.165, 1.54) is 0 Å². The number of hydrogen-bond acceptors (Lipinski definition) is 4. The lowest BCUT2D eigenvalue weighted by molar-refractivity contribution is -0.122. The van der Waals surface area contributed by atoms with E-state index in [0.717, 1.165) is 11.4 Å². The minimum absolute atomic E-state index is 0.0534. The molecule has 6 nitrogen and oxygen atoms in total. The van der Waals surface area contributed by atoms with Crippen LogP contribution in [0.4, 0.5) is 11.4 Å². The zero-order valence-corrected chi connectivity index (χ0v) is 15.6. The fraction of sp³-hybridized carbons (Fsp3) is 0.333. The topological polar surface area (TPSA) is 67.9 Å². The molecule has 0 spiro atoms. The molecule has 1 fully saturated rings. The molecule has 0 saturated carbocycles. The predicted molar refractivity (Wildman–Crippen MR) is 104 cm³/mol. The molecular weight excluding hydrogens is 344 g/mol. The van der Waals surface area contributed by atoms with E-state index in [1.807, 2.05) is 50.2 Å². The van der Waals surface area contributed by atoms with E-state index in [-0.39, 0.29) is 24.2 Å². The van der Waals surface area contributed by atoms with E-state index < -0.39 is 0 Å². The molecule has 27 heavy (non-hydrogen) atoms. The van der Waals surface area contributed by atoms with Gasteiger partial charge in [0.25, 0.3) is 0 Å². The number of benzene rings is 2. The Kier molecular flexibility index (Phi) is 5.96. The smallest absolute Gasteiger partial charge is 0.229 e. The van der Waals surface area contributed by atoms with Gasteiger partial charge in [-0.2, -0.15) is 0 Å². The molecule has 1 aliphatic heterocycles. The Balaban J connectivity index is 1.64. The van der Waals surface area contributed by atoms with Crippen molar-refractivity contribution in [2.45, 2.75) is 20.3 Å². The normalized spacial score (nSPS) is 16.3. The summed E-state index contributed by atoms with van der Waals surface area (Å²) in [6, 6.07) is 14.6. The van der Waals surface area contributed by atoms with Crippen molar-refractivity contribution in [3.63, 3.8) is 0 Å². The van der Waals surface area contributed by atoms with Gasteiger partial charge in [-0.15, -0.1) is 0 Å². The Hall–Kier alpha value is -3.02. The highest BCUT2D eigenvalue weighted by atomic mass is 16.5. The third-order valence-electron chi connectivity index (χ3n) is 4.37. The van der Waals surface area contributed by atoms with Crippen LogP contribution in [0.3, 0.4) is 0 Å². The van der Waals surface area contributed by atoms with Crippen molar-refractivity contribution in [1.82, 2.24) is 0 Å². The van der Waals surface area contributed by atoms with Crippen molar-refractivity contribution in [2.75, 3.05) is 30.0 Å². The summed E-state index contributed by atoms with van der Waals surface area (Å²) < 4.78 is 10.9. The highest BCUT2D eigenvalue weighted by Gasteiger charge is 2.35. The SMILES string of the molecule is CCOc1ccc(N2CC(C(=O)Nc3cccc(OCC)c3)CC2=O)cc1. The summed E-state index contributed by atoms with van der Waals surface area (Å²) >= 11 is 0. The Bertz CT molecular complexity index is 804. The van der Waals surface area contributed by atoms with Gasteiger partial charge < -0.3 is 19.7 Å². The molecule has 2 aromatic rings.